The number of carboxylic acids is 1. The van der Waals surface area contributed by atoms with Crippen LogP contribution in [0.3, 0.4) is 0 Å². The number of carbonyl (C=O) groups is 1. The highest BCUT2D eigenvalue weighted by Gasteiger charge is 2.33. The maximum atomic E-state index is 11.9. The van der Waals surface area contributed by atoms with Gasteiger partial charge in [0.05, 0.1) is 6.42 Å². The van der Waals surface area contributed by atoms with Gasteiger partial charge in [0.25, 0.3) is 0 Å². The van der Waals surface area contributed by atoms with E-state index in [0.29, 0.717) is 0 Å². The van der Waals surface area contributed by atoms with Gasteiger partial charge < -0.3 is 9.63 Å². The van der Waals surface area contributed by atoms with Gasteiger partial charge in [0.2, 0.25) is 0 Å². The molecule has 4 nitrogen and oxygen atoms in total. The van der Waals surface area contributed by atoms with Crippen LogP contribution in [0, 0.1) is 6.92 Å². The minimum atomic E-state index is -4.49. The van der Waals surface area contributed by atoms with Crippen molar-refractivity contribution in [2.75, 3.05) is 0 Å². The van der Waals surface area contributed by atoms with Crippen LogP contribution in [0.2, 0.25) is 0 Å². The number of nitrogens with zero attached hydrogens (tertiary/aromatic N) is 1. The van der Waals surface area contributed by atoms with Crippen molar-refractivity contribution >= 4 is 5.97 Å². The van der Waals surface area contributed by atoms with E-state index in [2.05, 4.69) is 9.68 Å². The molecule has 0 saturated heterocycles. The number of halogens is 3. The number of aromatic nitrogens is 1. The third-order valence-electron chi connectivity index (χ3n) is 1.52. The molecule has 0 aromatic carbocycles. The first-order chi connectivity index (χ1) is 6.31. The van der Waals surface area contributed by atoms with Gasteiger partial charge in [0, 0.05) is 0 Å². The summed E-state index contributed by atoms with van der Waals surface area (Å²) in [5, 5.41) is 11.6. The monoisotopic (exact) mass is 209 g/mol. The van der Waals surface area contributed by atoms with Crippen molar-refractivity contribution in [3.05, 3.63) is 17.0 Å². The number of hydrogen-bond acceptors (Lipinski definition) is 3. The van der Waals surface area contributed by atoms with Crippen molar-refractivity contribution in [1.82, 2.24) is 5.16 Å². The fourth-order valence-corrected chi connectivity index (χ4v) is 1.00. The van der Waals surface area contributed by atoms with Gasteiger partial charge in [-0.25, -0.2) is 4.79 Å². The molecule has 0 spiro atoms. The SMILES string of the molecule is Cc1onc(CC(F)(F)F)c1C(=O)O. The van der Waals surface area contributed by atoms with Gasteiger partial charge in [-0.3, -0.25) is 0 Å². The van der Waals surface area contributed by atoms with Crippen molar-refractivity contribution in [3.63, 3.8) is 0 Å². The summed E-state index contributed by atoms with van der Waals surface area (Å²) in [4.78, 5) is 10.5. The maximum absolute atomic E-state index is 11.9. The molecule has 0 unspecified atom stereocenters. The predicted molar refractivity (Wildman–Crippen MR) is 38.0 cm³/mol. The molecule has 0 radical (unpaired) electrons. The highest BCUT2D eigenvalue weighted by Crippen LogP contribution is 2.24. The Bertz CT molecular complexity index is 356. The summed E-state index contributed by atoms with van der Waals surface area (Å²) in [6.07, 6.45) is -5.89. The van der Waals surface area contributed by atoms with E-state index in [-0.39, 0.29) is 5.76 Å². The summed E-state index contributed by atoms with van der Waals surface area (Å²) in [6.45, 7) is 1.25. The Morgan fingerprint density at radius 1 is 1.57 bits per heavy atom. The lowest BCUT2D eigenvalue weighted by Gasteiger charge is -2.02. The molecule has 7 heteroatoms. The lowest BCUT2D eigenvalue weighted by molar-refractivity contribution is -0.128. The maximum Gasteiger partial charge on any atom is 0.394 e. The fourth-order valence-electron chi connectivity index (χ4n) is 1.00. The summed E-state index contributed by atoms with van der Waals surface area (Å²) < 4.78 is 40.1. The molecule has 0 aliphatic heterocycles. The van der Waals surface area contributed by atoms with Crippen molar-refractivity contribution in [1.29, 1.82) is 0 Å². The highest BCUT2D eigenvalue weighted by molar-refractivity contribution is 5.89. The molecular weight excluding hydrogens is 203 g/mol. The van der Waals surface area contributed by atoms with E-state index in [1.165, 1.54) is 6.92 Å². The van der Waals surface area contributed by atoms with Crippen LogP contribution in [0.4, 0.5) is 13.2 Å². The van der Waals surface area contributed by atoms with E-state index in [0.717, 1.165) is 0 Å². The minimum absolute atomic E-state index is 0.128. The molecular formula is C7H6F3NO3. The van der Waals surface area contributed by atoms with Gasteiger partial charge in [-0.1, -0.05) is 5.16 Å². The largest absolute Gasteiger partial charge is 0.477 e. The molecule has 1 aromatic rings. The van der Waals surface area contributed by atoms with Crippen LogP contribution in [0.15, 0.2) is 4.52 Å². The molecule has 1 rings (SSSR count). The summed E-state index contributed by atoms with van der Waals surface area (Å²) in [5.74, 6) is -1.60. The zero-order valence-corrected chi connectivity index (χ0v) is 7.05. The summed E-state index contributed by atoms with van der Waals surface area (Å²) in [7, 11) is 0. The molecule has 0 aliphatic carbocycles. The molecule has 0 amide bonds. The van der Waals surface area contributed by atoms with Crippen LogP contribution in [-0.2, 0) is 6.42 Å². The topological polar surface area (TPSA) is 63.3 Å². The second-order valence-electron chi connectivity index (χ2n) is 2.66. The van der Waals surface area contributed by atoms with Crippen LogP contribution in [0.5, 0.6) is 0 Å². The third-order valence-corrected chi connectivity index (χ3v) is 1.52. The molecule has 78 valence electrons. The zero-order chi connectivity index (χ0) is 10.9. The summed E-state index contributed by atoms with van der Waals surface area (Å²) in [5.41, 5.74) is -1.11. The molecule has 0 bridgehead atoms. The smallest absolute Gasteiger partial charge is 0.394 e. The standard InChI is InChI=1S/C7H6F3NO3/c1-3-5(6(12)13)4(11-14-3)2-7(8,9)10/h2H2,1H3,(H,12,13). The molecule has 0 aliphatic rings. The Morgan fingerprint density at radius 3 is 2.57 bits per heavy atom. The fraction of sp³-hybridized carbons (Fsp3) is 0.429. The van der Waals surface area contributed by atoms with Crippen LogP contribution in [0.1, 0.15) is 21.8 Å². The van der Waals surface area contributed by atoms with Crippen molar-refractivity contribution in [2.45, 2.75) is 19.5 Å². The van der Waals surface area contributed by atoms with Gasteiger partial charge >= 0.3 is 12.1 Å². The van der Waals surface area contributed by atoms with Gasteiger partial charge in [0.15, 0.2) is 0 Å². The van der Waals surface area contributed by atoms with E-state index in [9.17, 15) is 18.0 Å². The Labute approximate surface area is 76.3 Å². The number of carboxylic acid groups (broad SMARTS) is 1. The first-order valence-corrected chi connectivity index (χ1v) is 3.56. The predicted octanol–water partition coefficient (Wildman–Crippen LogP) is 1.79. The third kappa shape index (κ3) is 2.24. The molecule has 0 fully saturated rings. The second kappa shape index (κ2) is 3.32. The number of hydrogen-bond donors (Lipinski definition) is 1. The number of alkyl halides is 3. The Balaban J connectivity index is 3.04. The zero-order valence-electron chi connectivity index (χ0n) is 7.05. The Kier molecular flexibility index (Phi) is 2.50. The summed E-state index contributed by atoms with van der Waals surface area (Å²) >= 11 is 0. The van der Waals surface area contributed by atoms with Gasteiger partial charge in [-0.05, 0) is 6.92 Å². The summed E-state index contributed by atoms with van der Waals surface area (Å²) in [6, 6.07) is 0. The Morgan fingerprint density at radius 2 is 2.14 bits per heavy atom. The average molecular weight is 209 g/mol. The van der Waals surface area contributed by atoms with Gasteiger partial charge in [0.1, 0.15) is 17.0 Å². The van der Waals surface area contributed by atoms with E-state index in [4.69, 9.17) is 5.11 Å². The molecule has 1 heterocycles. The minimum Gasteiger partial charge on any atom is -0.477 e. The van der Waals surface area contributed by atoms with E-state index in [1.807, 2.05) is 0 Å². The van der Waals surface area contributed by atoms with Crippen molar-refractivity contribution in [3.8, 4) is 0 Å². The van der Waals surface area contributed by atoms with Crippen LogP contribution in [0.25, 0.3) is 0 Å². The van der Waals surface area contributed by atoms with Crippen molar-refractivity contribution in [2.24, 2.45) is 0 Å². The normalized spacial score (nSPS) is 11.7. The first-order valence-electron chi connectivity index (χ1n) is 3.56. The van der Waals surface area contributed by atoms with E-state index < -0.39 is 29.8 Å². The van der Waals surface area contributed by atoms with Crippen LogP contribution >= 0.6 is 0 Å². The molecule has 14 heavy (non-hydrogen) atoms. The van der Waals surface area contributed by atoms with E-state index >= 15 is 0 Å². The number of aromatic carboxylic acids is 1. The van der Waals surface area contributed by atoms with Crippen LogP contribution < -0.4 is 0 Å². The average Bonchev–Trinajstić information content (AvgIpc) is 2.27. The molecule has 1 N–H and O–H groups in total. The Hall–Kier alpha value is -1.53. The van der Waals surface area contributed by atoms with Crippen LogP contribution in [-0.4, -0.2) is 22.4 Å². The lowest BCUT2D eigenvalue weighted by Crippen LogP contribution is -2.14. The van der Waals surface area contributed by atoms with E-state index in [1.54, 1.807) is 0 Å². The molecule has 0 atom stereocenters. The highest BCUT2D eigenvalue weighted by atomic mass is 19.4. The quantitative estimate of drug-likeness (QED) is 0.806. The number of aryl methyl sites for hydroxylation is 1. The lowest BCUT2D eigenvalue weighted by atomic mass is 10.1. The van der Waals surface area contributed by atoms with Gasteiger partial charge in [-0.2, -0.15) is 13.2 Å². The number of rotatable bonds is 2. The van der Waals surface area contributed by atoms with Crippen molar-refractivity contribution < 1.29 is 27.6 Å². The van der Waals surface area contributed by atoms with Gasteiger partial charge in [-0.15, -0.1) is 0 Å². The molecule has 1 aromatic heterocycles. The first kappa shape index (κ1) is 10.6. The molecule has 0 saturated carbocycles. The second-order valence-corrected chi connectivity index (χ2v) is 2.66.